The lowest BCUT2D eigenvalue weighted by molar-refractivity contribution is 0.0215. The van der Waals surface area contributed by atoms with Crippen molar-refractivity contribution in [3.05, 3.63) is 17.0 Å². The van der Waals surface area contributed by atoms with Crippen molar-refractivity contribution in [2.45, 2.75) is 38.2 Å². The summed E-state index contributed by atoms with van der Waals surface area (Å²) in [6.45, 7) is 4.68. The van der Waals surface area contributed by atoms with Gasteiger partial charge in [0.1, 0.15) is 0 Å². The number of nitrogens with two attached hydrogens (primary N) is 1. The normalized spacial score (nSPS) is 30.3. The highest BCUT2D eigenvalue weighted by Gasteiger charge is 2.46. The number of aryl methyl sites for hydroxylation is 2. The van der Waals surface area contributed by atoms with Crippen LogP contribution in [0.1, 0.15) is 29.8 Å². The van der Waals surface area contributed by atoms with Gasteiger partial charge in [-0.3, -0.25) is 4.68 Å². The molecule has 1 saturated carbocycles. The largest absolute Gasteiger partial charge is 0.393 e. The van der Waals surface area contributed by atoms with E-state index in [1.165, 1.54) is 11.3 Å². The van der Waals surface area contributed by atoms with Crippen molar-refractivity contribution >= 4 is 0 Å². The summed E-state index contributed by atoms with van der Waals surface area (Å²) in [7, 11) is 1.95. The number of aliphatic hydroxyl groups excluding tert-OH is 1. The predicted octanol–water partition coefficient (Wildman–Crippen LogP) is 0.388. The van der Waals surface area contributed by atoms with E-state index in [0.717, 1.165) is 18.5 Å². The molecular formula is C11H19N3O. The summed E-state index contributed by atoms with van der Waals surface area (Å²) >= 11 is 0. The molecule has 0 amide bonds. The first-order chi connectivity index (χ1) is 7.00. The second-order valence-corrected chi connectivity index (χ2v) is 4.72. The van der Waals surface area contributed by atoms with Crippen LogP contribution in [0.5, 0.6) is 0 Å². The zero-order valence-electron chi connectivity index (χ0n) is 9.62. The molecule has 15 heavy (non-hydrogen) atoms. The second kappa shape index (κ2) is 3.32. The van der Waals surface area contributed by atoms with Crippen LogP contribution in [0.15, 0.2) is 0 Å². The maximum absolute atomic E-state index is 9.48. The van der Waals surface area contributed by atoms with Gasteiger partial charge in [-0.25, -0.2) is 0 Å². The van der Waals surface area contributed by atoms with E-state index in [1.54, 1.807) is 0 Å². The van der Waals surface area contributed by atoms with Crippen molar-refractivity contribution < 1.29 is 5.11 Å². The smallest absolute Gasteiger partial charge is 0.0634 e. The molecule has 2 rings (SSSR count). The molecule has 0 saturated heterocycles. The molecule has 0 aliphatic heterocycles. The summed E-state index contributed by atoms with van der Waals surface area (Å²) in [4.78, 5) is 0. The minimum Gasteiger partial charge on any atom is -0.393 e. The van der Waals surface area contributed by atoms with Crippen LogP contribution in [-0.4, -0.2) is 27.5 Å². The van der Waals surface area contributed by atoms with E-state index in [-0.39, 0.29) is 11.5 Å². The summed E-state index contributed by atoms with van der Waals surface area (Å²) in [5.74, 6) is 0. The minimum absolute atomic E-state index is 0.0259. The third-order valence-corrected chi connectivity index (χ3v) is 3.68. The zero-order chi connectivity index (χ0) is 11.2. The molecule has 4 heteroatoms. The number of hydrogen-bond donors (Lipinski definition) is 2. The van der Waals surface area contributed by atoms with E-state index in [2.05, 4.69) is 12.0 Å². The first kappa shape index (κ1) is 10.6. The molecule has 1 aromatic rings. The molecule has 4 nitrogen and oxygen atoms in total. The van der Waals surface area contributed by atoms with E-state index in [4.69, 9.17) is 5.73 Å². The van der Waals surface area contributed by atoms with Crippen LogP contribution >= 0.6 is 0 Å². The molecule has 0 aromatic carbocycles. The Kier molecular flexibility index (Phi) is 2.35. The number of hydrogen-bond acceptors (Lipinski definition) is 3. The Morgan fingerprint density at radius 3 is 2.47 bits per heavy atom. The van der Waals surface area contributed by atoms with Crippen LogP contribution in [0.4, 0.5) is 0 Å². The lowest BCUT2D eigenvalue weighted by Crippen LogP contribution is -2.50. The molecule has 0 atom stereocenters. The second-order valence-electron chi connectivity index (χ2n) is 4.72. The van der Waals surface area contributed by atoms with Crippen molar-refractivity contribution in [1.29, 1.82) is 0 Å². The van der Waals surface area contributed by atoms with Gasteiger partial charge in [0.05, 0.1) is 11.8 Å². The molecule has 1 aromatic heterocycles. The summed E-state index contributed by atoms with van der Waals surface area (Å²) in [5, 5.41) is 13.9. The molecule has 0 bridgehead atoms. The van der Waals surface area contributed by atoms with Gasteiger partial charge in [-0.2, -0.15) is 5.10 Å². The van der Waals surface area contributed by atoms with Gasteiger partial charge < -0.3 is 10.8 Å². The van der Waals surface area contributed by atoms with E-state index < -0.39 is 0 Å². The Morgan fingerprint density at radius 1 is 1.53 bits per heavy atom. The zero-order valence-corrected chi connectivity index (χ0v) is 9.62. The van der Waals surface area contributed by atoms with Crippen molar-refractivity contribution in [1.82, 2.24) is 9.78 Å². The van der Waals surface area contributed by atoms with Gasteiger partial charge >= 0.3 is 0 Å². The number of nitrogens with zero attached hydrogens (tertiary/aromatic N) is 2. The highest BCUT2D eigenvalue weighted by Crippen LogP contribution is 2.45. The van der Waals surface area contributed by atoms with Crippen LogP contribution < -0.4 is 5.73 Å². The molecule has 3 N–H and O–H groups in total. The standard InChI is InChI=1S/C11H19N3O/c1-7-10(8(2)14(3)13-7)11(6-12)4-9(15)5-11/h9,15H,4-6,12H2,1-3H3. The van der Waals surface area contributed by atoms with Crippen molar-refractivity contribution in [2.75, 3.05) is 6.54 Å². The van der Waals surface area contributed by atoms with Crippen molar-refractivity contribution in [3.63, 3.8) is 0 Å². The predicted molar refractivity (Wildman–Crippen MR) is 58.7 cm³/mol. The topological polar surface area (TPSA) is 64.1 Å². The van der Waals surface area contributed by atoms with Crippen LogP contribution in [0, 0.1) is 13.8 Å². The third-order valence-electron chi connectivity index (χ3n) is 3.68. The average molecular weight is 209 g/mol. The Balaban J connectivity index is 2.44. The molecule has 1 aliphatic rings. The first-order valence-corrected chi connectivity index (χ1v) is 5.39. The molecule has 0 radical (unpaired) electrons. The Labute approximate surface area is 90.1 Å². The number of aliphatic hydroxyl groups is 1. The van der Waals surface area contributed by atoms with Gasteiger partial charge in [0.25, 0.3) is 0 Å². The summed E-state index contributed by atoms with van der Waals surface area (Å²) in [6.07, 6.45) is 1.36. The van der Waals surface area contributed by atoms with E-state index in [0.29, 0.717) is 6.54 Å². The third kappa shape index (κ3) is 1.40. The number of rotatable bonds is 2. The number of aromatic nitrogens is 2. The van der Waals surface area contributed by atoms with Crippen LogP contribution in [0.25, 0.3) is 0 Å². The molecule has 1 aliphatic carbocycles. The Bertz CT molecular complexity index is 377. The average Bonchev–Trinajstić information content (AvgIpc) is 2.37. The monoisotopic (exact) mass is 209 g/mol. The summed E-state index contributed by atoms with van der Waals surface area (Å²) in [5.41, 5.74) is 9.30. The first-order valence-electron chi connectivity index (χ1n) is 5.39. The van der Waals surface area contributed by atoms with E-state index in [1.807, 2.05) is 18.7 Å². The van der Waals surface area contributed by atoms with Crippen LogP contribution in [-0.2, 0) is 12.5 Å². The Morgan fingerprint density at radius 2 is 2.13 bits per heavy atom. The van der Waals surface area contributed by atoms with E-state index >= 15 is 0 Å². The van der Waals surface area contributed by atoms with Crippen molar-refractivity contribution in [2.24, 2.45) is 12.8 Å². The molecule has 0 spiro atoms. The maximum atomic E-state index is 9.48. The van der Waals surface area contributed by atoms with E-state index in [9.17, 15) is 5.11 Å². The van der Waals surface area contributed by atoms with Crippen molar-refractivity contribution in [3.8, 4) is 0 Å². The molecular weight excluding hydrogens is 190 g/mol. The van der Waals surface area contributed by atoms with Gasteiger partial charge in [-0.1, -0.05) is 0 Å². The van der Waals surface area contributed by atoms with Crippen LogP contribution in [0.3, 0.4) is 0 Å². The maximum Gasteiger partial charge on any atom is 0.0634 e. The highest BCUT2D eigenvalue weighted by molar-refractivity contribution is 5.37. The lowest BCUT2D eigenvalue weighted by atomic mass is 9.62. The fraction of sp³-hybridized carbons (Fsp3) is 0.727. The van der Waals surface area contributed by atoms with Gasteiger partial charge in [0, 0.05) is 30.3 Å². The quantitative estimate of drug-likeness (QED) is 0.740. The summed E-state index contributed by atoms with van der Waals surface area (Å²) < 4.78 is 1.90. The fourth-order valence-corrected chi connectivity index (χ4v) is 2.86. The lowest BCUT2D eigenvalue weighted by Gasteiger charge is -2.45. The SMILES string of the molecule is Cc1nn(C)c(C)c1C1(CN)CC(O)C1. The fourth-order valence-electron chi connectivity index (χ4n) is 2.86. The van der Waals surface area contributed by atoms with Gasteiger partial charge in [0.2, 0.25) is 0 Å². The summed E-state index contributed by atoms with van der Waals surface area (Å²) in [6, 6.07) is 0. The molecule has 1 heterocycles. The van der Waals surface area contributed by atoms with Crippen LogP contribution in [0.2, 0.25) is 0 Å². The highest BCUT2D eigenvalue weighted by atomic mass is 16.3. The van der Waals surface area contributed by atoms with Gasteiger partial charge in [-0.15, -0.1) is 0 Å². The van der Waals surface area contributed by atoms with Gasteiger partial charge in [0.15, 0.2) is 0 Å². The molecule has 1 fully saturated rings. The van der Waals surface area contributed by atoms with Gasteiger partial charge in [-0.05, 0) is 26.7 Å². The molecule has 0 unspecified atom stereocenters. The minimum atomic E-state index is -0.187. The molecule has 84 valence electrons. The Hall–Kier alpha value is -0.870.